The molecule has 5 rings (SSSR count). The van der Waals surface area contributed by atoms with Crippen LogP contribution in [0.3, 0.4) is 0 Å². The van der Waals surface area contributed by atoms with Crippen molar-refractivity contribution < 1.29 is 27.1 Å². The lowest BCUT2D eigenvalue weighted by Gasteiger charge is -2.29. The van der Waals surface area contributed by atoms with Crippen LogP contribution < -0.4 is 0 Å². The zero-order chi connectivity index (χ0) is 29.9. The second kappa shape index (κ2) is 12.0. The average molecular weight is 571 g/mol. The van der Waals surface area contributed by atoms with Crippen LogP contribution in [0.25, 0.3) is 10.9 Å². The van der Waals surface area contributed by atoms with Crippen molar-refractivity contribution in [3.8, 4) is 0 Å². The fraction of sp³-hybridized carbons (Fsp3) is 0.310. The third kappa shape index (κ3) is 6.07. The molecule has 3 heterocycles. The molecule has 12 heteroatoms. The molecular formula is C29H30F4N6O2. The maximum absolute atomic E-state index is 15.4. The summed E-state index contributed by atoms with van der Waals surface area (Å²) in [6.45, 7) is 9.32. The molecule has 0 bridgehead atoms. The number of hydrogen-bond donors (Lipinski definition) is 1. The Balaban J connectivity index is 0.00000124. The number of morpholine rings is 1. The van der Waals surface area contributed by atoms with Crippen molar-refractivity contribution in [3.05, 3.63) is 89.3 Å². The molecule has 1 fully saturated rings. The maximum Gasteiger partial charge on any atom is 0.334 e. The van der Waals surface area contributed by atoms with Gasteiger partial charge in [-0.3, -0.25) is 14.9 Å². The van der Waals surface area contributed by atoms with Crippen molar-refractivity contribution in [3.63, 3.8) is 0 Å². The number of hydrogen-bond acceptors (Lipinski definition) is 5. The molecule has 0 saturated carbocycles. The molecule has 1 aromatic heterocycles. The summed E-state index contributed by atoms with van der Waals surface area (Å²) in [4.78, 5) is 14.2. The van der Waals surface area contributed by atoms with Crippen molar-refractivity contribution in [1.29, 1.82) is 5.41 Å². The van der Waals surface area contributed by atoms with Crippen LogP contribution in [0.2, 0.25) is 0 Å². The number of halogens is 4. The Morgan fingerprint density at radius 1 is 1.10 bits per heavy atom. The number of nitrogens with zero attached hydrogens (tertiary/aromatic N) is 5. The molecule has 2 aliphatic rings. The van der Waals surface area contributed by atoms with Crippen LogP contribution in [0.5, 0.6) is 0 Å². The van der Waals surface area contributed by atoms with E-state index in [0.29, 0.717) is 31.3 Å². The summed E-state index contributed by atoms with van der Waals surface area (Å²) in [5.41, 5.74) is -0.795. The van der Waals surface area contributed by atoms with Crippen LogP contribution in [0.4, 0.5) is 17.6 Å². The summed E-state index contributed by atoms with van der Waals surface area (Å²) >= 11 is 0. The molecule has 0 unspecified atom stereocenters. The van der Waals surface area contributed by atoms with E-state index in [-0.39, 0.29) is 33.4 Å². The van der Waals surface area contributed by atoms with Gasteiger partial charge in [-0.2, -0.15) is 19.0 Å². The van der Waals surface area contributed by atoms with E-state index in [1.165, 1.54) is 46.5 Å². The minimum atomic E-state index is -4.09. The van der Waals surface area contributed by atoms with E-state index in [1.54, 1.807) is 7.05 Å². The third-order valence-corrected chi connectivity index (χ3v) is 6.26. The predicted molar refractivity (Wildman–Crippen MR) is 148 cm³/mol. The monoisotopic (exact) mass is 570 g/mol. The summed E-state index contributed by atoms with van der Waals surface area (Å²) in [6, 6.07) is 5.63. The number of rotatable bonds is 4. The first kappa shape index (κ1) is 29.7. The molecule has 1 amide bonds. The Morgan fingerprint density at radius 2 is 1.78 bits per heavy atom. The maximum atomic E-state index is 15.4. The first-order valence-corrected chi connectivity index (χ1v) is 13.0. The van der Waals surface area contributed by atoms with E-state index in [4.69, 9.17) is 10.1 Å². The largest absolute Gasteiger partial charge is 0.378 e. The SMILES string of the molecule is C=C1C=CC(c2ccc(C(=O)N3CCOCC3)c(F)c2)=NN1C(=N)C(F)(F)c1cc2cn(C)nc2cc1F.CCC. The highest BCUT2D eigenvalue weighted by atomic mass is 19.3. The Labute approximate surface area is 234 Å². The lowest BCUT2D eigenvalue weighted by Crippen LogP contribution is -2.41. The number of aromatic nitrogens is 2. The minimum absolute atomic E-state index is 0.0467. The molecule has 0 spiro atoms. The molecule has 0 aliphatic carbocycles. The van der Waals surface area contributed by atoms with Crippen molar-refractivity contribution in [2.45, 2.75) is 26.2 Å². The number of nitrogens with one attached hydrogen (secondary N) is 1. The van der Waals surface area contributed by atoms with E-state index in [1.807, 2.05) is 0 Å². The van der Waals surface area contributed by atoms with Gasteiger partial charge in [0.2, 0.25) is 0 Å². The summed E-state index contributed by atoms with van der Waals surface area (Å²) in [5.74, 6) is -7.95. The number of aryl methyl sites for hydroxylation is 1. The van der Waals surface area contributed by atoms with Crippen molar-refractivity contribution >= 4 is 28.4 Å². The molecule has 1 saturated heterocycles. The number of amides is 1. The van der Waals surface area contributed by atoms with Crippen LogP contribution in [0.1, 0.15) is 41.8 Å². The van der Waals surface area contributed by atoms with Gasteiger partial charge in [0.15, 0.2) is 5.84 Å². The van der Waals surface area contributed by atoms with E-state index in [2.05, 4.69) is 30.6 Å². The number of fused-ring (bicyclic) bond motifs is 1. The smallest absolute Gasteiger partial charge is 0.334 e. The summed E-state index contributed by atoms with van der Waals surface area (Å²) in [5, 5.41) is 17.1. The van der Waals surface area contributed by atoms with Gasteiger partial charge >= 0.3 is 5.92 Å². The Bertz CT molecular complexity index is 1560. The highest BCUT2D eigenvalue weighted by Gasteiger charge is 2.44. The topological polar surface area (TPSA) is 86.8 Å². The summed E-state index contributed by atoms with van der Waals surface area (Å²) < 4.78 is 67.1. The first-order valence-electron chi connectivity index (χ1n) is 13.0. The molecule has 216 valence electrons. The summed E-state index contributed by atoms with van der Waals surface area (Å²) in [7, 11) is 1.58. The Hall–Kier alpha value is -4.32. The fourth-order valence-corrected chi connectivity index (χ4v) is 4.25. The van der Waals surface area contributed by atoms with E-state index < -0.39 is 34.9 Å². The zero-order valence-electron chi connectivity index (χ0n) is 22.9. The number of ether oxygens (including phenoxy) is 1. The highest BCUT2D eigenvalue weighted by Crippen LogP contribution is 2.36. The van der Waals surface area contributed by atoms with Crippen LogP contribution in [0.15, 0.2) is 66.1 Å². The molecule has 3 aromatic rings. The molecule has 8 nitrogen and oxygen atoms in total. The van der Waals surface area contributed by atoms with Crippen LogP contribution in [0, 0.1) is 17.0 Å². The second-order valence-corrected chi connectivity index (χ2v) is 9.54. The fourth-order valence-electron chi connectivity index (χ4n) is 4.25. The van der Waals surface area contributed by atoms with Crippen LogP contribution in [-0.2, 0) is 17.7 Å². The third-order valence-electron chi connectivity index (χ3n) is 6.26. The van der Waals surface area contributed by atoms with Gasteiger partial charge in [0.1, 0.15) is 11.6 Å². The average Bonchev–Trinajstić information content (AvgIpc) is 3.31. The van der Waals surface area contributed by atoms with Crippen LogP contribution >= 0.6 is 0 Å². The Morgan fingerprint density at radius 3 is 2.44 bits per heavy atom. The Kier molecular flexibility index (Phi) is 8.72. The first-order chi connectivity index (χ1) is 19.5. The van der Waals surface area contributed by atoms with Gasteiger partial charge in [-0.1, -0.05) is 32.9 Å². The van der Waals surface area contributed by atoms with Crippen LogP contribution in [-0.4, -0.2) is 63.4 Å². The number of carbonyl (C=O) groups is 1. The van der Waals surface area contributed by atoms with Gasteiger partial charge in [0, 0.05) is 43.4 Å². The molecule has 0 atom stereocenters. The van der Waals surface area contributed by atoms with Gasteiger partial charge < -0.3 is 9.64 Å². The minimum Gasteiger partial charge on any atom is -0.378 e. The quantitative estimate of drug-likeness (QED) is 0.251. The van der Waals surface area contributed by atoms with Crippen molar-refractivity contribution in [2.75, 3.05) is 26.3 Å². The molecule has 2 aromatic carbocycles. The normalized spacial score (nSPS) is 15.5. The van der Waals surface area contributed by atoms with E-state index in [0.717, 1.165) is 18.2 Å². The predicted octanol–water partition coefficient (Wildman–Crippen LogP) is 5.60. The van der Waals surface area contributed by atoms with Gasteiger partial charge in [-0.15, -0.1) is 0 Å². The van der Waals surface area contributed by atoms with Gasteiger partial charge in [-0.05, 0) is 30.4 Å². The van der Waals surface area contributed by atoms with Crippen molar-refractivity contribution in [2.24, 2.45) is 12.1 Å². The second-order valence-electron chi connectivity index (χ2n) is 9.54. The summed E-state index contributed by atoms with van der Waals surface area (Å²) in [6.07, 6.45) is 5.46. The standard InChI is InChI=1S/C26H22F4N6O2.C3H8/c1-15-3-6-22(16-4-5-18(20(27)12-16)24(37)35-7-9-38-10-8-35)33-36(15)25(31)26(29,30)19-11-17-14-34(2)32-23(17)13-21(19)28;1-3-2/h3-6,11-14,31H,1,7-10H2,2H3;3H2,1-2H3. The lowest BCUT2D eigenvalue weighted by atomic mass is 10.0. The number of hydrazone groups is 1. The van der Waals surface area contributed by atoms with Gasteiger partial charge in [0.25, 0.3) is 5.91 Å². The number of allylic oxidation sites excluding steroid dienone is 2. The number of alkyl halides is 2. The van der Waals surface area contributed by atoms with E-state index in [9.17, 15) is 13.6 Å². The van der Waals surface area contributed by atoms with Crippen molar-refractivity contribution in [1.82, 2.24) is 19.7 Å². The highest BCUT2D eigenvalue weighted by molar-refractivity contribution is 6.11. The van der Waals surface area contributed by atoms with E-state index >= 15 is 8.78 Å². The molecule has 0 radical (unpaired) electrons. The van der Waals surface area contributed by atoms with Gasteiger partial charge in [-0.25, -0.2) is 13.8 Å². The molecule has 1 N–H and O–H groups in total. The lowest BCUT2D eigenvalue weighted by molar-refractivity contribution is 0.0300. The molecule has 2 aliphatic heterocycles. The van der Waals surface area contributed by atoms with Gasteiger partial charge in [0.05, 0.1) is 41.3 Å². The number of benzene rings is 2. The molecular weight excluding hydrogens is 540 g/mol. The number of amidine groups is 1. The molecule has 41 heavy (non-hydrogen) atoms. The zero-order valence-corrected chi connectivity index (χ0v) is 22.9. The number of carbonyl (C=O) groups excluding carboxylic acids is 1.